The van der Waals surface area contributed by atoms with Crippen LogP contribution in [0, 0.1) is 11.7 Å². The molecule has 1 heterocycles. The molecule has 2 unspecified atom stereocenters. The van der Waals surface area contributed by atoms with Crippen LogP contribution < -0.4 is 4.74 Å². The van der Waals surface area contributed by atoms with E-state index in [1.807, 2.05) is 4.90 Å². The minimum atomic E-state index is -0.779. The number of ether oxygens (including phenoxy) is 1. The number of benzene rings is 1. The van der Waals surface area contributed by atoms with Gasteiger partial charge in [0.25, 0.3) is 0 Å². The molecule has 1 fully saturated rings. The number of halogens is 1. The Bertz CT molecular complexity index is 480. The van der Waals surface area contributed by atoms with E-state index in [9.17, 15) is 14.3 Å². The molecule has 0 radical (unpaired) electrons. The number of rotatable bonds is 6. The lowest BCUT2D eigenvalue weighted by Crippen LogP contribution is -2.48. The number of carboxylic acid groups (broad SMARTS) is 1. The van der Waals surface area contributed by atoms with Gasteiger partial charge in [-0.05, 0) is 37.4 Å². The second kappa shape index (κ2) is 7.41. The highest BCUT2D eigenvalue weighted by molar-refractivity contribution is 5.73. The van der Waals surface area contributed by atoms with Crippen molar-refractivity contribution in [2.75, 3.05) is 19.7 Å². The lowest BCUT2D eigenvalue weighted by Gasteiger charge is -2.36. The Labute approximate surface area is 124 Å². The molecule has 5 heteroatoms. The van der Waals surface area contributed by atoms with Crippen LogP contribution in [0.25, 0.3) is 0 Å². The van der Waals surface area contributed by atoms with Crippen LogP contribution >= 0.6 is 0 Å². The highest BCUT2D eigenvalue weighted by atomic mass is 19.1. The Hall–Kier alpha value is -1.62. The summed E-state index contributed by atoms with van der Waals surface area (Å²) < 4.78 is 18.8. The average molecular weight is 295 g/mol. The summed E-state index contributed by atoms with van der Waals surface area (Å²) in [6, 6.07) is 5.80. The summed E-state index contributed by atoms with van der Waals surface area (Å²) in [4.78, 5) is 13.3. The molecule has 1 aliphatic heterocycles. The van der Waals surface area contributed by atoms with Gasteiger partial charge in [0.05, 0.1) is 0 Å². The molecule has 0 spiro atoms. The van der Waals surface area contributed by atoms with Gasteiger partial charge in [-0.2, -0.15) is 0 Å². The van der Waals surface area contributed by atoms with Gasteiger partial charge in [0.2, 0.25) is 0 Å². The number of aliphatic carboxylic acids is 1. The van der Waals surface area contributed by atoms with Crippen LogP contribution in [0.3, 0.4) is 0 Å². The first kappa shape index (κ1) is 15.8. The fraction of sp³-hybridized carbons (Fsp3) is 0.562. The van der Waals surface area contributed by atoms with Crippen molar-refractivity contribution in [2.45, 2.75) is 32.2 Å². The van der Waals surface area contributed by atoms with Crippen LogP contribution in [0.1, 0.15) is 26.2 Å². The van der Waals surface area contributed by atoms with E-state index in [2.05, 4.69) is 6.92 Å². The Morgan fingerprint density at radius 3 is 2.90 bits per heavy atom. The SMILES string of the molecule is CCC1CCN(CCOc2ccccc2F)C(C(=O)O)C1. The Kier molecular flexibility index (Phi) is 5.56. The number of para-hydroxylation sites is 1. The van der Waals surface area contributed by atoms with Crippen LogP contribution in [0.2, 0.25) is 0 Å². The molecule has 116 valence electrons. The second-order valence-corrected chi connectivity index (χ2v) is 5.47. The Balaban J connectivity index is 1.87. The largest absolute Gasteiger partial charge is 0.489 e. The van der Waals surface area contributed by atoms with Gasteiger partial charge in [0, 0.05) is 6.54 Å². The summed E-state index contributed by atoms with van der Waals surface area (Å²) in [6.45, 7) is 3.65. The van der Waals surface area contributed by atoms with Crippen molar-refractivity contribution in [3.8, 4) is 5.75 Å². The van der Waals surface area contributed by atoms with Crippen molar-refractivity contribution in [1.29, 1.82) is 0 Å². The van der Waals surface area contributed by atoms with Crippen molar-refractivity contribution >= 4 is 5.97 Å². The lowest BCUT2D eigenvalue weighted by molar-refractivity contribution is -0.145. The van der Waals surface area contributed by atoms with Crippen molar-refractivity contribution in [3.63, 3.8) is 0 Å². The number of hydrogen-bond donors (Lipinski definition) is 1. The molecular weight excluding hydrogens is 273 g/mol. The molecule has 0 aromatic heterocycles. The zero-order valence-corrected chi connectivity index (χ0v) is 12.3. The monoisotopic (exact) mass is 295 g/mol. The summed E-state index contributed by atoms with van der Waals surface area (Å²) in [5.41, 5.74) is 0. The molecule has 1 N–H and O–H groups in total. The standard InChI is InChI=1S/C16H22FNO3/c1-2-12-7-8-18(14(11-12)16(19)20)9-10-21-15-6-4-3-5-13(15)17/h3-6,12,14H,2,7-11H2,1H3,(H,19,20). The zero-order chi connectivity index (χ0) is 15.2. The molecule has 1 aliphatic rings. The third-order valence-corrected chi connectivity index (χ3v) is 4.16. The fourth-order valence-corrected chi connectivity index (χ4v) is 2.82. The summed E-state index contributed by atoms with van der Waals surface area (Å²) in [6.07, 6.45) is 2.72. The second-order valence-electron chi connectivity index (χ2n) is 5.47. The number of hydrogen-bond acceptors (Lipinski definition) is 3. The first-order valence-electron chi connectivity index (χ1n) is 7.46. The third-order valence-electron chi connectivity index (χ3n) is 4.16. The number of nitrogens with zero attached hydrogens (tertiary/aromatic N) is 1. The van der Waals surface area contributed by atoms with Gasteiger partial charge in [-0.3, -0.25) is 9.69 Å². The third kappa shape index (κ3) is 4.17. The minimum Gasteiger partial charge on any atom is -0.489 e. The molecule has 0 amide bonds. The van der Waals surface area contributed by atoms with Crippen molar-refractivity contribution in [3.05, 3.63) is 30.1 Å². The van der Waals surface area contributed by atoms with Crippen LogP contribution in [-0.4, -0.2) is 41.7 Å². The van der Waals surface area contributed by atoms with E-state index in [1.54, 1.807) is 18.2 Å². The Morgan fingerprint density at radius 1 is 1.48 bits per heavy atom. The number of carboxylic acids is 1. The molecule has 4 nitrogen and oxygen atoms in total. The van der Waals surface area contributed by atoms with Gasteiger partial charge >= 0.3 is 5.97 Å². The number of carbonyl (C=O) groups is 1. The van der Waals surface area contributed by atoms with Crippen LogP contribution in [0.15, 0.2) is 24.3 Å². The van der Waals surface area contributed by atoms with E-state index >= 15 is 0 Å². The lowest BCUT2D eigenvalue weighted by atomic mass is 9.89. The number of piperidine rings is 1. The molecule has 2 rings (SSSR count). The van der Waals surface area contributed by atoms with E-state index in [0.29, 0.717) is 25.5 Å². The minimum absolute atomic E-state index is 0.216. The summed E-state index contributed by atoms with van der Waals surface area (Å²) >= 11 is 0. The first-order chi connectivity index (χ1) is 10.1. The Morgan fingerprint density at radius 2 is 2.24 bits per heavy atom. The van der Waals surface area contributed by atoms with Gasteiger partial charge in [0.1, 0.15) is 12.6 Å². The molecule has 21 heavy (non-hydrogen) atoms. The van der Waals surface area contributed by atoms with Crippen molar-refractivity contribution in [1.82, 2.24) is 4.90 Å². The van der Waals surface area contributed by atoms with Gasteiger partial charge in [-0.15, -0.1) is 0 Å². The fourth-order valence-electron chi connectivity index (χ4n) is 2.82. The predicted molar refractivity (Wildman–Crippen MR) is 77.9 cm³/mol. The van der Waals surface area contributed by atoms with Gasteiger partial charge in [-0.25, -0.2) is 4.39 Å². The topological polar surface area (TPSA) is 49.8 Å². The smallest absolute Gasteiger partial charge is 0.320 e. The van der Waals surface area contributed by atoms with E-state index in [0.717, 1.165) is 19.4 Å². The van der Waals surface area contributed by atoms with E-state index in [4.69, 9.17) is 4.74 Å². The quantitative estimate of drug-likeness (QED) is 0.876. The zero-order valence-electron chi connectivity index (χ0n) is 12.3. The maximum Gasteiger partial charge on any atom is 0.320 e. The summed E-state index contributed by atoms with van der Waals surface area (Å²) in [5.74, 6) is -0.473. The maximum atomic E-state index is 13.4. The van der Waals surface area contributed by atoms with Crippen LogP contribution in [0.4, 0.5) is 4.39 Å². The van der Waals surface area contributed by atoms with Crippen molar-refractivity contribution in [2.24, 2.45) is 5.92 Å². The molecule has 1 aromatic carbocycles. The summed E-state index contributed by atoms with van der Waals surface area (Å²) in [7, 11) is 0. The van der Waals surface area contributed by atoms with Crippen molar-refractivity contribution < 1.29 is 19.0 Å². The van der Waals surface area contributed by atoms with E-state index in [1.165, 1.54) is 6.07 Å². The molecule has 1 aromatic rings. The molecule has 2 atom stereocenters. The van der Waals surface area contributed by atoms with Crippen LogP contribution in [0.5, 0.6) is 5.75 Å². The maximum absolute atomic E-state index is 13.4. The van der Waals surface area contributed by atoms with E-state index < -0.39 is 17.8 Å². The molecule has 1 saturated heterocycles. The van der Waals surface area contributed by atoms with Gasteiger partial charge in [0.15, 0.2) is 11.6 Å². The molecule has 0 aliphatic carbocycles. The average Bonchev–Trinajstić information content (AvgIpc) is 2.49. The van der Waals surface area contributed by atoms with E-state index in [-0.39, 0.29) is 5.75 Å². The highest BCUT2D eigenvalue weighted by Gasteiger charge is 2.32. The van der Waals surface area contributed by atoms with Crippen LogP contribution in [-0.2, 0) is 4.79 Å². The molecule has 0 saturated carbocycles. The van der Waals surface area contributed by atoms with Gasteiger partial charge in [-0.1, -0.05) is 25.5 Å². The van der Waals surface area contributed by atoms with Gasteiger partial charge < -0.3 is 9.84 Å². The number of likely N-dealkylation sites (tertiary alicyclic amines) is 1. The molecule has 0 bridgehead atoms. The normalized spacial score (nSPS) is 23.0. The first-order valence-corrected chi connectivity index (χ1v) is 7.46. The summed E-state index contributed by atoms with van der Waals surface area (Å²) in [5, 5.41) is 9.34. The highest BCUT2D eigenvalue weighted by Crippen LogP contribution is 2.25. The predicted octanol–water partition coefficient (Wildman–Crippen LogP) is 2.78. The molecular formula is C16H22FNO3.